The summed E-state index contributed by atoms with van der Waals surface area (Å²) in [5.41, 5.74) is -3.62. The number of Topliss-reactive ketones (excluding diaryl/α,β-unsaturated/α-hetero) is 1. The Morgan fingerprint density at radius 2 is 1.92 bits per heavy atom. The molecule has 0 unspecified atom stereocenters. The third-order valence-corrected chi connectivity index (χ3v) is 3.62. The van der Waals surface area contributed by atoms with Crippen LogP contribution in [0.25, 0.3) is 5.76 Å². The number of nitriles is 1. The number of hydrogen-bond acceptors (Lipinski definition) is 5. The second-order valence-corrected chi connectivity index (χ2v) is 5.18. The number of aliphatic hydroxyl groups excluding tert-OH is 1. The zero-order chi connectivity index (χ0) is 18.2. The second-order valence-electron chi connectivity index (χ2n) is 5.18. The van der Waals surface area contributed by atoms with Gasteiger partial charge >= 0.3 is 5.97 Å². The number of ketones is 1. The molecule has 9 heteroatoms. The number of carbonyl (C=O) groups excluding carboxylic acids is 2. The summed E-state index contributed by atoms with van der Waals surface area (Å²) in [6.07, 6.45) is 0. The highest BCUT2D eigenvalue weighted by molar-refractivity contribution is 6.29. The Hall–Kier alpha value is -3.28. The van der Waals surface area contributed by atoms with Gasteiger partial charge in [0, 0.05) is 5.56 Å². The molecule has 1 aromatic carbocycles. The summed E-state index contributed by atoms with van der Waals surface area (Å²) in [6.45, 7) is 0.249. The van der Waals surface area contributed by atoms with E-state index < -0.39 is 58.1 Å². The molecular formula is C15H10F2N2O5. The zero-order valence-corrected chi connectivity index (χ0v) is 12.2. The number of hydrogen-bond donors (Lipinski definition) is 3. The van der Waals surface area contributed by atoms with E-state index >= 15 is 0 Å². The number of aliphatic carboxylic acids is 1. The SMILES string of the molecule is C[C@]1(C#N)C(=O)C(C(=O)NCC(=O)O)=C(O)c2cc(F)c(F)cc21. The van der Waals surface area contributed by atoms with E-state index in [4.69, 9.17) is 5.11 Å². The minimum absolute atomic E-state index is 0.291. The van der Waals surface area contributed by atoms with E-state index in [1.165, 1.54) is 0 Å². The van der Waals surface area contributed by atoms with Gasteiger partial charge in [-0.25, -0.2) is 8.78 Å². The van der Waals surface area contributed by atoms with Crippen molar-refractivity contribution in [3.05, 3.63) is 40.5 Å². The molecule has 0 aliphatic heterocycles. The first-order chi connectivity index (χ1) is 11.1. The van der Waals surface area contributed by atoms with Gasteiger partial charge in [-0.15, -0.1) is 0 Å². The van der Waals surface area contributed by atoms with Crippen LogP contribution in [-0.4, -0.2) is 34.4 Å². The molecule has 1 aliphatic rings. The molecule has 0 radical (unpaired) electrons. The van der Waals surface area contributed by atoms with Gasteiger partial charge < -0.3 is 15.5 Å². The van der Waals surface area contributed by atoms with Gasteiger partial charge in [-0.05, 0) is 24.6 Å². The lowest BCUT2D eigenvalue weighted by atomic mass is 9.70. The number of nitrogens with zero attached hydrogens (tertiary/aromatic N) is 1. The molecule has 0 bridgehead atoms. The molecule has 0 heterocycles. The lowest BCUT2D eigenvalue weighted by Crippen LogP contribution is -2.43. The van der Waals surface area contributed by atoms with Crippen molar-refractivity contribution >= 4 is 23.4 Å². The maximum atomic E-state index is 13.5. The largest absolute Gasteiger partial charge is 0.506 e. The molecule has 124 valence electrons. The minimum Gasteiger partial charge on any atom is -0.506 e. The number of nitrogens with one attached hydrogen (secondary N) is 1. The number of rotatable bonds is 3. The van der Waals surface area contributed by atoms with Gasteiger partial charge in [-0.3, -0.25) is 14.4 Å². The van der Waals surface area contributed by atoms with E-state index in [0.29, 0.717) is 12.1 Å². The number of aliphatic hydroxyl groups is 1. The van der Waals surface area contributed by atoms with Crippen molar-refractivity contribution in [2.75, 3.05) is 6.54 Å². The molecule has 1 amide bonds. The fourth-order valence-corrected chi connectivity index (χ4v) is 2.34. The van der Waals surface area contributed by atoms with E-state index in [2.05, 4.69) is 0 Å². The summed E-state index contributed by atoms with van der Waals surface area (Å²) in [6, 6.07) is 2.79. The highest BCUT2D eigenvalue weighted by Gasteiger charge is 2.47. The van der Waals surface area contributed by atoms with Gasteiger partial charge in [0.15, 0.2) is 17.4 Å². The quantitative estimate of drug-likeness (QED) is 0.701. The lowest BCUT2D eigenvalue weighted by molar-refractivity contribution is -0.137. The Kier molecular flexibility index (Phi) is 4.08. The summed E-state index contributed by atoms with van der Waals surface area (Å²) < 4.78 is 26.9. The third-order valence-electron chi connectivity index (χ3n) is 3.62. The van der Waals surface area contributed by atoms with Crippen LogP contribution >= 0.6 is 0 Å². The van der Waals surface area contributed by atoms with Crippen LogP contribution < -0.4 is 5.32 Å². The van der Waals surface area contributed by atoms with E-state index in [1.54, 1.807) is 6.07 Å². The van der Waals surface area contributed by atoms with Crippen LogP contribution in [0.4, 0.5) is 8.78 Å². The van der Waals surface area contributed by atoms with Gasteiger partial charge in [-0.1, -0.05) is 0 Å². The Bertz CT molecular complexity index is 856. The van der Waals surface area contributed by atoms with Crippen molar-refractivity contribution in [2.24, 2.45) is 0 Å². The Morgan fingerprint density at radius 3 is 2.46 bits per heavy atom. The molecule has 0 spiro atoms. The number of carboxylic acids is 1. The van der Waals surface area contributed by atoms with E-state index in [9.17, 15) is 33.5 Å². The van der Waals surface area contributed by atoms with Crippen molar-refractivity contribution in [3.63, 3.8) is 0 Å². The van der Waals surface area contributed by atoms with E-state index in [1.807, 2.05) is 5.32 Å². The number of amides is 1. The van der Waals surface area contributed by atoms with Crippen molar-refractivity contribution in [2.45, 2.75) is 12.3 Å². The molecule has 24 heavy (non-hydrogen) atoms. The number of benzene rings is 1. The van der Waals surface area contributed by atoms with Crippen LogP contribution in [0.2, 0.25) is 0 Å². The smallest absolute Gasteiger partial charge is 0.322 e. The normalized spacial score (nSPS) is 19.5. The molecule has 3 N–H and O–H groups in total. The van der Waals surface area contributed by atoms with Crippen LogP contribution in [-0.2, 0) is 19.8 Å². The first-order valence-corrected chi connectivity index (χ1v) is 6.52. The van der Waals surface area contributed by atoms with Crippen LogP contribution in [0.1, 0.15) is 18.1 Å². The van der Waals surface area contributed by atoms with Crippen LogP contribution in [0, 0.1) is 23.0 Å². The lowest BCUT2D eigenvalue weighted by Gasteiger charge is -2.29. The molecule has 2 rings (SSSR count). The Labute approximate surface area is 133 Å². The van der Waals surface area contributed by atoms with Crippen molar-refractivity contribution in [1.29, 1.82) is 5.26 Å². The maximum absolute atomic E-state index is 13.5. The monoisotopic (exact) mass is 336 g/mol. The van der Waals surface area contributed by atoms with Gasteiger partial charge in [0.2, 0.25) is 0 Å². The summed E-state index contributed by atoms with van der Waals surface area (Å²) >= 11 is 0. The van der Waals surface area contributed by atoms with Crippen molar-refractivity contribution in [3.8, 4) is 6.07 Å². The topological polar surface area (TPSA) is 127 Å². The molecule has 0 saturated carbocycles. The van der Waals surface area contributed by atoms with Gasteiger partial charge in [0.25, 0.3) is 5.91 Å². The second kappa shape index (κ2) is 5.73. The van der Waals surface area contributed by atoms with Crippen LogP contribution in [0.15, 0.2) is 17.7 Å². The number of halogens is 2. The molecule has 0 aromatic heterocycles. The van der Waals surface area contributed by atoms with Gasteiger partial charge in [0.05, 0.1) is 6.07 Å². The highest BCUT2D eigenvalue weighted by atomic mass is 19.2. The van der Waals surface area contributed by atoms with E-state index in [0.717, 1.165) is 6.92 Å². The first-order valence-electron chi connectivity index (χ1n) is 6.52. The van der Waals surface area contributed by atoms with Crippen LogP contribution in [0.5, 0.6) is 0 Å². The Balaban J connectivity index is 2.69. The molecule has 1 aliphatic carbocycles. The fourth-order valence-electron chi connectivity index (χ4n) is 2.34. The predicted molar refractivity (Wildman–Crippen MR) is 74.5 cm³/mol. The summed E-state index contributed by atoms with van der Waals surface area (Å²) in [5.74, 6) is -7.41. The molecule has 0 saturated heterocycles. The first kappa shape index (κ1) is 17.1. The zero-order valence-electron chi connectivity index (χ0n) is 12.2. The van der Waals surface area contributed by atoms with Crippen molar-refractivity contribution < 1.29 is 33.4 Å². The minimum atomic E-state index is -2.05. The van der Waals surface area contributed by atoms with Gasteiger partial charge in [-0.2, -0.15) is 5.26 Å². The Morgan fingerprint density at radius 1 is 1.33 bits per heavy atom. The average Bonchev–Trinajstić information content (AvgIpc) is 2.53. The summed E-state index contributed by atoms with van der Waals surface area (Å²) in [7, 11) is 0. The molecule has 1 aromatic rings. The summed E-state index contributed by atoms with van der Waals surface area (Å²) in [5, 5.41) is 29.9. The molecule has 7 nitrogen and oxygen atoms in total. The predicted octanol–water partition coefficient (Wildman–Crippen LogP) is 0.799. The van der Waals surface area contributed by atoms with Gasteiger partial charge in [0.1, 0.15) is 23.3 Å². The standard InChI is InChI=1S/C15H10F2N2O5/c1-15(5-18)7-3-9(17)8(16)2-6(7)12(22)11(13(15)23)14(24)19-4-10(20)21/h2-3,22H,4H2,1H3,(H,19,24)(H,20,21)/t15-/m1/s1. The van der Waals surface area contributed by atoms with Crippen molar-refractivity contribution in [1.82, 2.24) is 5.32 Å². The molecular weight excluding hydrogens is 326 g/mol. The number of carbonyl (C=O) groups is 3. The fraction of sp³-hybridized carbons (Fsp3) is 0.200. The molecule has 0 fully saturated rings. The number of fused-ring (bicyclic) bond motifs is 1. The van der Waals surface area contributed by atoms with Crippen LogP contribution in [0.3, 0.4) is 0 Å². The summed E-state index contributed by atoms with van der Waals surface area (Å²) in [4.78, 5) is 35.0. The third kappa shape index (κ3) is 2.48. The maximum Gasteiger partial charge on any atom is 0.322 e. The highest BCUT2D eigenvalue weighted by Crippen LogP contribution is 2.40. The van der Waals surface area contributed by atoms with E-state index in [-0.39, 0.29) is 5.56 Å². The average molecular weight is 336 g/mol. The molecule has 1 atom stereocenters. The number of carboxylic acid groups (broad SMARTS) is 1.